The average molecular weight is 279 g/mol. The predicted octanol–water partition coefficient (Wildman–Crippen LogP) is 3.67. The summed E-state index contributed by atoms with van der Waals surface area (Å²) in [6.07, 6.45) is 2.66. The summed E-state index contributed by atoms with van der Waals surface area (Å²) in [5.41, 5.74) is 1.37. The molecule has 2 nitrogen and oxygen atoms in total. The molecule has 1 heterocycles. The number of thioether (sulfide) groups is 1. The summed E-state index contributed by atoms with van der Waals surface area (Å²) in [6.45, 7) is 7.58. The SMILES string of the molecule is CC(C)c1ccc(OCCSC2CCCNC2)cc1. The Labute approximate surface area is 121 Å². The molecule has 1 fully saturated rings. The molecule has 3 heteroatoms. The van der Waals surface area contributed by atoms with Gasteiger partial charge in [0.25, 0.3) is 0 Å². The van der Waals surface area contributed by atoms with Crippen LogP contribution in [0.4, 0.5) is 0 Å². The van der Waals surface area contributed by atoms with Gasteiger partial charge in [0.1, 0.15) is 5.75 Å². The summed E-state index contributed by atoms with van der Waals surface area (Å²) < 4.78 is 5.79. The van der Waals surface area contributed by atoms with E-state index in [4.69, 9.17) is 4.74 Å². The molecule has 1 unspecified atom stereocenters. The number of rotatable bonds is 6. The van der Waals surface area contributed by atoms with Gasteiger partial charge in [0, 0.05) is 17.5 Å². The molecule has 1 saturated heterocycles. The van der Waals surface area contributed by atoms with Crippen molar-refractivity contribution in [3.63, 3.8) is 0 Å². The largest absolute Gasteiger partial charge is 0.493 e. The van der Waals surface area contributed by atoms with Crippen LogP contribution in [0.3, 0.4) is 0 Å². The van der Waals surface area contributed by atoms with Gasteiger partial charge in [-0.2, -0.15) is 11.8 Å². The summed E-state index contributed by atoms with van der Waals surface area (Å²) in [7, 11) is 0. The normalized spacial score (nSPS) is 19.6. The lowest BCUT2D eigenvalue weighted by Gasteiger charge is -2.22. The molecule has 0 aliphatic carbocycles. The van der Waals surface area contributed by atoms with Crippen molar-refractivity contribution < 1.29 is 4.74 Å². The van der Waals surface area contributed by atoms with E-state index in [0.29, 0.717) is 5.92 Å². The molecule has 0 saturated carbocycles. The third kappa shape index (κ3) is 5.07. The van der Waals surface area contributed by atoms with Crippen molar-refractivity contribution in [1.29, 1.82) is 0 Å². The van der Waals surface area contributed by atoms with Crippen LogP contribution in [0.2, 0.25) is 0 Å². The zero-order valence-electron chi connectivity index (χ0n) is 12.0. The van der Waals surface area contributed by atoms with Gasteiger partial charge >= 0.3 is 0 Å². The highest BCUT2D eigenvalue weighted by atomic mass is 32.2. The van der Waals surface area contributed by atoms with E-state index in [1.165, 1.54) is 24.9 Å². The molecule has 0 amide bonds. The molecule has 0 spiro atoms. The minimum absolute atomic E-state index is 0.586. The highest BCUT2D eigenvalue weighted by Gasteiger charge is 2.12. The lowest BCUT2D eigenvalue weighted by atomic mass is 10.0. The third-order valence-corrected chi connectivity index (χ3v) is 4.78. The minimum atomic E-state index is 0.586. The van der Waals surface area contributed by atoms with E-state index >= 15 is 0 Å². The highest BCUT2D eigenvalue weighted by Crippen LogP contribution is 2.20. The maximum atomic E-state index is 5.79. The molecule has 0 radical (unpaired) electrons. The molecule has 2 rings (SSSR count). The number of nitrogens with one attached hydrogen (secondary N) is 1. The monoisotopic (exact) mass is 279 g/mol. The summed E-state index contributed by atoms with van der Waals surface area (Å²) in [6, 6.07) is 8.50. The molecule has 106 valence electrons. The Balaban J connectivity index is 1.64. The lowest BCUT2D eigenvalue weighted by Crippen LogP contribution is -2.32. The van der Waals surface area contributed by atoms with Crippen molar-refractivity contribution in [2.24, 2.45) is 0 Å². The van der Waals surface area contributed by atoms with Gasteiger partial charge in [-0.1, -0.05) is 26.0 Å². The number of ether oxygens (including phenoxy) is 1. The fourth-order valence-corrected chi connectivity index (χ4v) is 3.37. The first-order valence-corrected chi connectivity index (χ1v) is 8.35. The van der Waals surface area contributed by atoms with E-state index in [2.05, 4.69) is 43.4 Å². The molecule has 0 aromatic heterocycles. The van der Waals surface area contributed by atoms with E-state index in [1.54, 1.807) is 0 Å². The Kier molecular flexibility index (Phi) is 6.05. The van der Waals surface area contributed by atoms with E-state index in [1.807, 2.05) is 11.8 Å². The van der Waals surface area contributed by atoms with Gasteiger partial charge in [0.05, 0.1) is 6.61 Å². The van der Waals surface area contributed by atoms with Gasteiger partial charge in [0.15, 0.2) is 0 Å². The van der Waals surface area contributed by atoms with Crippen LogP contribution in [0.5, 0.6) is 5.75 Å². The second kappa shape index (κ2) is 7.81. The number of piperidine rings is 1. The Morgan fingerprint density at radius 3 is 2.74 bits per heavy atom. The molecule has 1 aromatic carbocycles. The zero-order chi connectivity index (χ0) is 13.5. The maximum absolute atomic E-state index is 5.79. The van der Waals surface area contributed by atoms with Crippen molar-refractivity contribution in [3.8, 4) is 5.75 Å². The predicted molar refractivity (Wildman–Crippen MR) is 84.4 cm³/mol. The number of hydrogen-bond acceptors (Lipinski definition) is 3. The standard InChI is InChI=1S/C16H25NOS/c1-13(2)14-5-7-15(8-6-14)18-10-11-19-16-4-3-9-17-12-16/h5-8,13,16-17H,3-4,9-12H2,1-2H3. The van der Waals surface area contributed by atoms with Gasteiger partial charge in [0.2, 0.25) is 0 Å². The first-order chi connectivity index (χ1) is 9.25. The fraction of sp³-hybridized carbons (Fsp3) is 0.625. The van der Waals surface area contributed by atoms with Crippen molar-refractivity contribution in [2.45, 2.75) is 37.9 Å². The van der Waals surface area contributed by atoms with Gasteiger partial charge in [-0.05, 0) is 43.0 Å². The summed E-state index contributed by atoms with van der Waals surface area (Å²) in [4.78, 5) is 0. The number of benzene rings is 1. The molecule has 0 bridgehead atoms. The lowest BCUT2D eigenvalue weighted by molar-refractivity contribution is 0.343. The number of hydrogen-bond donors (Lipinski definition) is 1. The summed E-state index contributed by atoms with van der Waals surface area (Å²) >= 11 is 2.04. The molecule has 1 aliphatic heterocycles. The van der Waals surface area contributed by atoms with Gasteiger partial charge in [-0.25, -0.2) is 0 Å². The van der Waals surface area contributed by atoms with Crippen molar-refractivity contribution in [3.05, 3.63) is 29.8 Å². The van der Waals surface area contributed by atoms with Crippen LogP contribution in [-0.2, 0) is 0 Å². The van der Waals surface area contributed by atoms with Gasteiger partial charge in [-0.3, -0.25) is 0 Å². The van der Waals surface area contributed by atoms with Crippen LogP contribution in [0.25, 0.3) is 0 Å². The van der Waals surface area contributed by atoms with Crippen molar-refractivity contribution in [1.82, 2.24) is 5.32 Å². The first kappa shape index (κ1) is 14.7. The van der Waals surface area contributed by atoms with E-state index in [9.17, 15) is 0 Å². The topological polar surface area (TPSA) is 21.3 Å². The van der Waals surface area contributed by atoms with E-state index in [0.717, 1.165) is 29.9 Å². The van der Waals surface area contributed by atoms with E-state index in [-0.39, 0.29) is 0 Å². The maximum Gasteiger partial charge on any atom is 0.119 e. The molecule has 1 aliphatic rings. The fourth-order valence-electron chi connectivity index (χ4n) is 2.29. The third-order valence-electron chi connectivity index (χ3n) is 3.50. The van der Waals surface area contributed by atoms with Crippen molar-refractivity contribution in [2.75, 3.05) is 25.4 Å². The smallest absolute Gasteiger partial charge is 0.119 e. The average Bonchev–Trinajstić information content (AvgIpc) is 2.45. The van der Waals surface area contributed by atoms with Crippen molar-refractivity contribution >= 4 is 11.8 Å². The molecule has 1 atom stereocenters. The zero-order valence-corrected chi connectivity index (χ0v) is 12.8. The van der Waals surface area contributed by atoms with Crippen LogP contribution in [-0.4, -0.2) is 30.7 Å². The van der Waals surface area contributed by atoms with Crippen LogP contribution in [0.15, 0.2) is 24.3 Å². The quantitative estimate of drug-likeness (QED) is 0.803. The van der Waals surface area contributed by atoms with Crippen LogP contribution in [0, 0.1) is 0 Å². The Hall–Kier alpha value is -0.670. The van der Waals surface area contributed by atoms with Crippen LogP contribution in [0.1, 0.15) is 38.2 Å². The Morgan fingerprint density at radius 1 is 1.32 bits per heavy atom. The Morgan fingerprint density at radius 2 is 2.11 bits per heavy atom. The van der Waals surface area contributed by atoms with Crippen LogP contribution < -0.4 is 10.1 Å². The molecular weight excluding hydrogens is 254 g/mol. The minimum Gasteiger partial charge on any atom is -0.493 e. The molecule has 1 N–H and O–H groups in total. The first-order valence-electron chi connectivity index (χ1n) is 7.31. The van der Waals surface area contributed by atoms with Gasteiger partial charge < -0.3 is 10.1 Å². The summed E-state index contributed by atoms with van der Waals surface area (Å²) in [5, 5.41) is 4.23. The molecule has 1 aromatic rings. The molecule has 19 heavy (non-hydrogen) atoms. The second-order valence-corrected chi connectivity index (χ2v) is 6.82. The van der Waals surface area contributed by atoms with Crippen LogP contribution >= 0.6 is 11.8 Å². The highest BCUT2D eigenvalue weighted by molar-refractivity contribution is 7.99. The Bertz CT molecular complexity index is 358. The molecular formula is C16H25NOS. The summed E-state index contributed by atoms with van der Waals surface area (Å²) in [5.74, 6) is 2.66. The van der Waals surface area contributed by atoms with E-state index < -0.39 is 0 Å². The second-order valence-electron chi connectivity index (χ2n) is 5.41. The van der Waals surface area contributed by atoms with Gasteiger partial charge in [-0.15, -0.1) is 0 Å².